The number of unbranched alkanes of at least 4 members (excludes halogenated alkanes) is 14. The summed E-state index contributed by atoms with van der Waals surface area (Å²) in [7, 11) is 0. The number of hydrogen-bond acceptors (Lipinski definition) is 0. The Morgan fingerprint density at radius 1 is 0.542 bits per heavy atom. The van der Waals surface area contributed by atoms with Crippen molar-refractivity contribution in [3.05, 3.63) is 7.43 Å². The molecule has 0 aliphatic carbocycles. The van der Waals surface area contributed by atoms with Gasteiger partial charge in [-0.15, -0.1) is 0 Å². The van der Waals surface area contributed by atoms with Gasteiger partial charge in [-0.3, -0.25) is 0 Å². The number of quaternary nitrogens is 1. The van der Waals surface area contributed by atoms with E-state index in [1.165, 1.54) is 103 Å². The highest BCUT2D eigenvalue weighted by Gasteiger charge is 2.24. The lowest BCUT2D eigenvalue weighted by atomic mass is 10.00. The van der Waals surface area contributed by atoms with Gasteiger partial charge in [0.1, 0.15) is 0 Å². The minimum absolute atomic E-state index is 0. The molecule has 0 radical (unpaired) electrons. The van der Waals surface area contributed by atoms with E-state index in [4.69, 9.17) is 11.6 Å². The largest absolute Gasteiger partial charge is 0.358 e. The van der Waals surface area contributed by atoms with Gasteiger partial charge in [0.2, 0.25) is 0 Å². The summed E-state index contributed by atoms with van der Waals surface area (Å²) < 4.78 is 0. The molecule has 0 spiro atoms. The van der Waals surface area contributed by atoms with Gasteiger partial charge in [0.05, 0.1) is 0 Å². The van der Waals surface area contributed by atoms with Crippen LogP contribution < -0.4 is 5.73 Å². The standard InChI is InChI=1S/C21H44ClN.CH3/c1-3-5-7-9-11-13-15-17-19-21(22,23)20-18-16-14-12-10-8-6-4-2;/h3-20,23H2,1-2H3;1H3/q;-1/p+1. The minimum Gasteiger partial charge on any atom is -0.358 e. The molecule has 0 saturated heterocycles. The van der Waals surface area contributed by atoms with Gasteiger partial charge in [-0.1, -0.05) is 115 Å². The maximum atomic E-state index is 6.59. The van der Waals surface area contributed by atoms with Crippen molar-refractivity contribution in [1.29, 1.82) is 0 Å². The van der Waals surface area contributed by atoms with E-state index in [1.807, 2.05) is 0 Å². The quantitative estimate of drug-likeness (QED) is 0.112. The predicted octanol–water partition coefficient (Wildman–Crippen LogP) is 7.68. The van der Waals surface area contributed by atoms with E-state index in [1.54, 1.807) is 0 Å². The Kier molecular flexibility index (Phi) is 21.6. The first-order valence-corrected chi connectivity index (χ1v) is 11.0. The first-order chi connectivity index (χ1) is 11.1. The fraction of sp³-hybridized carbons (Fsp3) is 0.955. The molecule has 2 heteroatoms. The molecule has 148 valence electrons. The van der Waals surface area contributed by atoms with E-state index in [9.17, 15) is 0 Å². The molecule has 0 unspecified atom stereocenters. The Labute approximate surface area is 159 Å². The van der Waals surface area contributed by atoms with Crippen molar-refractivity contribution in [1.82, 2.24) is 0 Å². The lowest BCUT2D eigenvalue weighted by molar-refractivity contribution is -0.446. The third-order valence-electron chi connectivity index (χ3n) is 4.96. The molecule has 0 aromatic heterocycles. The molecule has 0 atom stereocenters. The molecule has 0 aromatic rings. The van der Waals surface area contributed by atoms with Crippen LogP contribution in [0.25, 0.3) is 0 Å². The molecule has 0 heterocycles. The SMILES string of the molecule is CCCCCCCCCCC([NH3+])(Cl)CCCCCCCCCC.[CH3-]. The zero-order valence-corrected chi connectivity index (χ0v) is 18.1. The van der Waals surface area contributed by atoms with Crippen molar-refractivity contribution in [2.24, 2.45) is 0 Å². The molecular formula is C22H48ClN. The molecule has 1 nitrogen and oxygen atoms in total. The highest BCUT2D eigenvalue weighted by Crippen LogP contribution is 2.23. The molecule has 0 aromatic carbocycles. The Balaban J connectivity index is 0. The zero-order valence-electron chi connectivity index (χ0n) is 17.3. The third kappa shape index (κ3) is 20.3. The highest BCUT2D eigenvalue weighted by molar-refractivity contribution is 6.22. The summed E-state index contributed by atoms with van der Waals surface area (Å²) in [5.74, 6) is 0. The zero-order chi connectivity index (χ0) is 17.2. The Morgan fingerprint density at radius 3 is 1.08 bits per heavy atom. The van der Waals surface area contributed by atoms with Crippen molar-refractivity contribution in [2.45, 2.75) is 134 Å². The van der Waals surface area contributed by atoms with Crippen molar-refractivity contribution in [3.63, 3.8) is 0 Å². The average molecular weight is 362 g/mol. The number of alkyl halides is 1. The van der Waals surface area contributed by atoms with E-state index in [2.05, 4.69) is 19.6 Å². The molecule has 0 aliphatic heterocycles. The molecule has 0 rings (SSSR count). The molecule has 0 amide bonds. The van der Waals surface area contributed by atoms with E-state index >= 15 is 0 Å². The minimum atomic E-state index is -0.190. The molecule has 3 N–H and O–H groups in total. The van der Waals surface area contributed by atoms with Crippen molar-refractivity contribution in [2.75, 3.05) is 0 Å². The van der Waals surface area contributed by atoms with E-state index in [-0.39, 0.29) is 12.4 Å². The lowest BCUT2D eigenvalue weighted by Gasteiger charge is -2.18. The predicted molar refractivity (Wildman–Crippen MR) is 112 cm³/mol. The topological polar surface area (TPSA) is 27.6 Å². The van der Waals surface area contributed by atoms with Gasteiger partial charge in [0.25, 0.3) is 0 Å². The third-order valence-corrected chi connectivity index (χ3v) is 5.33. The van der Waals surface area contributed by atoms with Gasteiger partial charge in [0, 0.05) is 12.8 Å². The summed E-state index contributed by atoms with van der Waals surface area (Å²) in [6, 6.07) is 0. The van der Waals surface area contributed by atoms with E-state index < -0.39 is 0 Å². The Bertz CT molecular complexity index is 206. The van der Waals surface area contributed by atoms with Gasteiger partial charge in [0.15, 0.2) is 5.00 Å². The maximum absolute atomic E-state index is 6.59. The van der Waals surface area contributed by atoms with Crippen LogP contribution in [-0.4, -0.2) is 5.00 Å². The summed E-state index contributed by atoms with van der Waals surface area (Å²) in [4.78, 5) is -0.190. The first-order valence-electron chi connectivity index (χ1n) is 10.7. The van der Waals surface area contributed by atoms with Crippen LogP contribution in [0, 0.1) is 7.43 Å². The number of hydrogen-bond donors (Lipinski definition) is 1. The summed E-state index contributed by atoms with van der Waals surface area (Å²) in [5.41, 5.74) is 4.25. The van der Waals surface area contributed by atoms with Crippen LogP contribution in [0.1, 0.15) is 129 Å². The lowest BCUT2D eigenvalue weighted by Crippen LogP contribution is -2.69. The average Bonchev–Trinajstić information content (AvgIpc) is 2.52. The fourth-order valence-corrected chi connectivity index (χ4v) is 3.54. The second-order valence-electron chi connectivity index (χ2n) is 7.60. The second-order valence-corrected chi connectivity index (χ2v) is 8.40. The van der Waals surface area contributed by atoms with Crippen LogP contribution in [0.15, 0.2) is 0 Å². The van der Waals surface area contributed by atoms with Gasteiger partial charge in [-0.2, -0.15) is 0 Å². The van der Waals surface area contributed by atoms with Crippen LogP contribution in [0.3, 0.4) is 0 Å². The second kappa shape index (κ2) is 19.6. The molecule has 0 bridgehead atoms. The smallest absolute Gasteiger partial charge is 0.170 e. The van der Waals surface area contributed by atoms with Crippen LogP contribution in [0.4, 0.5) is 0 Å². The fourth-order valence-electron chi connectivity index (χ4n) is 3.28. The normalized spacial score (nSPS) is 11.5. The van der Waals surface area contributed by atoms with E-state index in [0.717, 1.165) is 12.8 Å². The van der Waals surface area contributed by atoms with E-state index in [0.29, 0.717) is 0 Å². The van der Waals surface area contributed by atoms with Gasteiger partial charge < -0.3 is 13.2 Å². The van der Waals surface area contributed by atoms with Crippen LogP contribution in [0.2, 0.25) is 0 Å². The number of halogens is 1. The van der Waals surface area contributed by atoms with Crippen molar-refractivity contribution < 1.29 is 5.73 Å². The van der Waals surface area contributed by atoms with Crippen LogP contribution >= 0.6 is 11.6 Å². The van der Waals surface area contributed by atoms with Gasteiger partial charge in [-0.05, 0) is 12.8 Å². The van der Waals surface area contributed by atoms with Crippen molar-refractivity contribution in [3.8, 4) is 0 Å². The Hall–Kier alpha value is 0.250. The Morgan fingerprint density at radius 2 is 0.792 bits per heavy atom. The number of rotatable bonds is 18. The van der Waals surface area contributed by atoms with Crippen LogP contribution in [0.5, 0.6) is 0 Å². The molecule has 0 fully saturated rings. The van der Waals surface area contributed by atoms with Crippen LogP contribution in [-0.2, 0) is 0 Å². The summed E-state index contributed by atoms with van der Waals surface area (Å²) in [6.07, 6.45) is 24.2. The van der Waals surface area contributed by atoms with Gasteiger partial charge >= 0.3 is 0 Å². The molecule has 0 saturated carbocycles. The monoisotopic (exact) mass is 361 g/mol. The molecular weight excluding hydrogens is 314 g/mol. The highest BCUT2D eigenvalue weighted by atomic mass is 35.5. The molecule has 24 heavy (non-hydrogen) atoms. The van der Waals surface area contributed by atoms with Crippen molar-refractivity contribution >= 4 is 11.6 Å². The van der Waals surface area contributed by atoms with Gasteiger partial charge in [-0.25, -0.2) is 0 Å². The first kappa shape index (κ1) is 26.5. The molecule has 0 aliphatic rings. The summed E-state index contributed by atoms with van der Waals surface area (Å²) in [5, 5.41) is 0. The summed E-state index contributed by atoms with van der Waals surface area (Å²) >= 11 is 6.59. The maximum Gasteiger partial charge on any atom is 0.170 e. The summed E-state index contributed by atoms with van der Waals surface area (Å²) in [6.45, 7) is 4.56.